The summed E-state index contributed by atoms with van der Waals surface area (Å²) in [6.07, 6.45) is 0. The van der Waals surface area contributed by atoms with Gasteiger partial charge in [0.05, 0.1) is 33.0 Å². The van der Waals surface area contributed by atoms with E-state index in [2.05, 4.69) is 5.32 Å². The van der Waals surface area contributed by atoms with Crippen molar-refractivity contribution >= 4 is 5.91 Å². The number of carbonyl (C=O) groups excluding carboxylic acids is 1. The molecule has 0 aromatic carbocycles. The molecule has 0 aromatic heterocycles. The third-order valence-corrected chi connectivity index (χ3v) is 1.23. The molecule has 0 bridgehead atoms. The molecule has 0 aliphatic heterocycles. The zero-order chi connectivity index (χ0) is 9.94. The van der Waals surface area contributed by atoms with Crippen LogP contribution in [-0.4, -0.2) is 50.6 Å². The molecule has 0 saturated heterocycles. The lowest BCUT2D eigenvalue weighted by Crippen LogP contribution is -2.25. The van der Waals surface area contributed by atoms with Gasteiger partial charge in [0.1, 0.15) is 0 Å². The van der Waals surface area contributed by atoms with Gasteiger partial charge in [0, 0.05) is 13.5 Å². The average Bonchev–Trinajstić information content (AvgIpc) is 2.09. The van der Waals surface area contributed by atoms with Gasteiger partial charge in [-0.1, -0.05) is 0 Å². The van der Waals surface area contributed by atoms with Crippen LogP contribution in [0, 0.1) is 0 Å². The molecule has 0 heterocycles. The Morgan fingerprint density at radius 2 is 1.85 bits per heavy atom. The highest BCUT2D eigenvalue weighted by Crippen LogP contribution is 1.77. The Hall–Kier alpha value is -0.650. The second kappa shape index (κ2) is 9.44. The molecule has 0 aliphatic carbocycles. The van der Waals surface area contributed by atoms with Crippen molar-refractivity contribution in [3.63, 3.8) is 0 Å². The highest BCUT2D eigenvalue weighted by molar-refractivity contribution is 5.72. The summed E-state index contributed by atoms with van der Waals surface area (Å²) in [5.74, 6) is -0.0554. The van der Waals surface area contributed by atoms with Crippen molar-refractivity contribution in [1.82, 2.24) is 5.32 Å². The van der Waals surface area contributed by atoms with E-state index < -0.39 is 0 Å². The van der Waals surface area contributed by atoms with Crippen molar-refractivity contribution in [3.05, 3.63) is 0 Å². The van der Waals surface area contributed by atoms with Gasteiger partial charge in [0.2, 0.25) is 5.91 Å². The molecule has 0 spiro atoms. The maximum atomic E-state index is 10.4. The van der Waals surface area contributed by atoms with Crippen LogP contribution in [0.2, 0.25) is 0 Å². The summed E-state index contributed by atoms with van der Waals surface area (Å²) in [5.41, 5.74) is 0. The van der Waals surface area contributed by atoms with E-state index in [4.69, 9.17) is 14.6 Å². The number of amides is 1. The van der Waals surface area contributed by atoms with Gasteiger partial charge in [0.25, 0.3) is 0 Å². The minimum Gasteiger partial charge on any atom is -0.394 e. The maximum Gasteiger partial charge on any atom is 0.216 e. The Kier molecular flexibility index (Phi) is 8.97. The number of ether oxygens (including phenoxy) is 2. The predicted molar refractivity (Wildman–Crippen MR) is 47.4 cm³/mol. The van der Waals surface area contributed by atoms with Crippen LogP contribution < -0.4 is 5.32 Å². The van der Waals surface area contributed by atoms with Crippen molar-refractivity contribution in [3.8, 4) is 0 Å². The van der Waals surface area contributed by atoms with Crippen LogP contribution in [0.15, 0.2) is 0 Å². The first-order valence-corrected chi connectivity index (χ1v) is 4.28. The summed E-state index contributed by atoms with van der Waals surface area (Å²) < 4.78 is 10.1. The number of hydrogen-bond donors (Lipinski definition) is 2. The lowest BCUT2D eigenvalue weighted by atomic mass is 10.6. The van der Waals surface area contributed by atoms with E-state index in [9.17, 15) is 4.79 Å². The van der Waals surface area contributed by atoms with E-state index in [1.54, 1.807) is 0 Å². The molecule has 0 rings (SSSR count). The standard InChI is InChI=1S/C8H17NO4/c1-8(11)9-2-4-12-6-7-13-5-3-10/h10H,2-7H2,1H3,(H,9,11). The van der Waals surface area contributed by atoms with Gasteiger partial charge >= 0.3 is 0 Å². The van der Waals surface area contributed by atoms with Gasteiger partial charge in [-0.05, 0) is 0 Å². The molecule has 1 amide bonds. The van der Waals surface area contributed by atoms with Crippen LogP contribution in [0.3, 0.4) is 0 Å². The minimum atomic E-state index is -0.0554. The van der Waals surface area contributed by atoms with Crippen molar-refractivity contribution in [2.75, 3.05) is 39.6 Å². The summed E-state index contributed by atoms with van der Waals surface area (Å²) in [6, 6.07) is 0. The molecule has 0 atom stereocenters. The molecule has 0 radical (unpaired) electrons. The Morgan fingerprint density at radius 1 is 1.23 bits per heavy atom. The monoisotopic (exact) mass is 191 g/mol. The van der Waals surface area contributed by atoms with Crippen molar-refractivity contribution in [1.29, 1.82) is 0 Å². The van der Waals surface area contributed by atoms with E-state index in [0.29, 0.717) is 33.0 Å². The summed E-state index contributed by atoms with van der Waals surface area (Å²) in [7, 11) is 0. The highest BCUT2D eigenvalue weighted by Gasteiger charge is 1.91. The fourth-order valence-electron chi connectivity index (χ4n) is 0.686. The van der Waals surface area contributed by atoms with Crippen LogP contribution in [0.4, 0.5) is 0 Å². The van der Waals surface area contributed by atoms with E-state index >= 15 is 0 Å². The van der Waals surface area contributed by atoms with Crippen LogP contribution >= 0.6 is 0 Å². The van der Waals surface area contributed by atoms with E-state index in [1.165, 1.54) is 6.92 Å². The summed E-state index contributed by atoms with van der Waals surface area (Å²) in [4.78, 5) is 10.4. The Labute approximate surface area is 78.0 Å². The van der Waals surface area contributed by atoms with Crippen LogP contribution in [0.5, 0.6) is 0 Å². The predicted octanol–water partition coefficient (Wildman–Crippen LogP) is -0.852. The van der Waals surface area contributed by atoms with Gasteiger partial charge in [-0.25, -0.2) is 0 Å². The quantitative estimate of drug-likeness (QED) is 0.490. The summed E-state index contributed by atoms with van der Waals surface area (Å²) in [6.45, 7) is 3.81. The Morgan fingerprint density at radius 3 is 2.38 bits per heavy atom. The second-order valence-corrected chi connectivity index (χ2v) is 2.43. The zero-order valence-corrected chi connectivity index (χ0v) is 7.91. The number of carbonyl (C=O) groups is 1. The first-order chi connectivity index (χ1) is 6.27. The first-order valence-electron chi connectivity index (χ1n) is 4.28. The molecule has 13 heavy (non-hydrogen) atoms. The topological polar surface area (TPSA) is 67.8 Å². The second-order valence-electron chi connectivity index (χ2n) is 2.43. The van der Waals surface area contributed by atoms with Crippen LogP contribution in [0.1, 0.15) is 6.92 Å². The molecule has 0 aliphatic rings. The SMILES string of the molecule is CC(=O)NCCOCCOCCO. The van der Waals surface area contributed by atoms with Crippen molar-refractivity contribution in [2.45, 2.75) is 6.92 Å². The fourth-order valence-corrected chi connectivity index (χ4v) is 0.686. The number of rotatable bonds is 8. The van der Waals surface area contributed by atoms with E-state index in [-0.39, 0.29) is 12.5 Å². The Balaban J connectivity index is 2.87. The van der Waals surface area contributed by atoms with Gasteiger partial charge in [-0.3, -0.25) is 4.79 Å². The number of nitrogens with one attached hydrogen (secondary N) is 1. The molecule has 5 heteroatoms. The third kappa shape index (κ3) is 11.3. The molecule has 78 valence electrons. The average molecular weight is 191 g/mol. The molecule has 0 aromatic rings. The van der Waals surface area contributed by atoms with Gasteiger partial charge in [-0.2, -0.15) is 0 Å². The van der Waals surface area contributed by atoms with Gasteiger partial charge in [-0.15, -0.1) is 0 Å². The smallest absolute Gasteiger partial charge is 0.216 e. The third-order valence-electron chi connectivity index (χ3n) is 1.23. The number of hydrogen-bond acceptors (Lipinski definition) is 4. The molecule has 0 saturated carbocycles. The van der Waals surface area contributed by atoms with E-state index in [1.807, 2.05) is 0 Å². The lowest BCUT2D eigenvalue weighted by Gasteiger charge is -2.04. The fraction of sp³-hybridized carbons (Fsp3) is 0.875. The molecule has 0 fully saturated rings. The molecule has 5 nitrogen and oxygen atoms in total. The van der Waals surface area contributed by atoms with Crippen molar-refractivity contribution < 1.29 is 19.4 Å². The highest BCUT2D eigenvalue weighted by atomic mass is 16.5. The minimum absolute atomic E-state index is 0.0336. The Bertz CT molecular complexity index is 129. The molecule has 2 N–H and O–H groups in total. The van der Waals surface area contributed by atoms with Crippen LogP contribution in [0.25, 0.3) is 0 Å². The van der Waals surface area contributed by atoms with E-state index in [0.717, 1.165) is 0 Å². The molecule has 0 unspecified atom stereocenters. The zero-order valence-electron chi connectivity index (χ0n) is 7.91. The van der Waals surface area contributed by atoms with Crippen molar-refractivity contribution in [2.24, 2.45) is 0 Å². The molecular formula is C8H17NO4. The summed E-state index contributed by atoms with van der Waals surface area (Å²) >= 11 is 0. The first kappa shape index (κ1) is 12.3. The largest absolute Gasteiger partial charge is 0.394 e. The number of aliphatic hydroxyl groups excluding tert-OH is 1. The molecular weight excluding hydrogens is 174 g/mol. The lowest BCUT2D eigenvalue weighted by molar-refractivity contribution is -0.119. The van der Waals surface area contributed by atoms with Gasteiger partial charge in [0.15, 0.2) is 0 Å². The van der Waals surface area contributed by atoms with Crippen LogP contribution in [-0.2, 0) is 14.3 Å². The summed E-state index contributed by atoms with van der Waals surface area (Å²) in [5, 5.41) is 11.0. The number of aliphatic hydroxyl groups is 1. The normalized spacial score (nSPS) is 10.0. The van der Waals surface area contributed by atoms with Gasteiger partial charge < -0.3 is 19.9 Å². The maximum absolute atomic E-state index is 10.4.